The molecule has 0 saturated heterocycles. The number of Topliss-reactive ketones (excluding diaryl/α,β-unsaturated/α-hetero) is 3. The Kier molecular flexibility index (Phi) is 32.9. The molecule has 18 heteroatoms. The third-order valence-electron chi connectivity index (χ3n) is 6.04. The highest BCUT2D eigenvalue weighted by Crippen LogP contribution is 1.94. The predicted molar refractivity (Wildman–Crippen MR) is 188 cm³/mol. The third kappa shape index (κ3) is 40.0. The van der Waals surface area contributed by atoms with Crippen LogP contribution in [0, 0.1) is 0 Å². The molecule has 0 aromatic heterocycles. The summed E-state index contributed by atoms with van der Waals surface area (Å²) in [4.78, 5) is 103. The van der Waals surface area contributed by atoms with Gasteiger partial charge < -0.3 is 31.3 Å². The Morgan fingerprint density at radius 2 is 0.686 bits per heavy atom. The Morgan fingerprint density at radius 3 is 0.941 bits per heavy atom. The molecule has 0 fully saturated rings. The lowest BCUT2D eigenvalue weighted by molar-refractivity contribution is -0.140. The summed E-state index contributed by atoms with van der Waals surface area (Å²) in [5.41, 5.74) is 0. The zero-order valence-electron chi connectivity index (χ0n) is 31.1. The maximum atomic E-state index is 11.5. The van der Waals surface area contributed by atoms with Crippen molar-refractivity contribution in [3.63, 3.8) is 0 Å². The maximum absolute atomic E-state index is 11.5. The minimum absolute atomic E-state index is 0.0192. The quantitative estimate of drug-likeness (QED) is 0.0589. The number of hydrogen-bond donors (Lipinski definition) is 6. The zero-order valence-corrected chi connectivity index (χ0v) is 31.1. The summed E-state index contributed by atoms with van der Waals surface area (Å²) in [5.74, 6) is -4.38. The summed E-state index contributed by atoms with van der Waals surface area (Å²) in [6, 6.07) is 0. The Hall–Kier alpha value is -4.29. The van der Waals surface area contributed by atoms with Crippen molar-refractivity contribution < 1.29 is 58.5 Å². The Balaban J connectivity index is -0.000000679. The van der Waals surface area contributed by atoms with E-state index in [0.717, 1.165) is 38.5 Å². The maximum Gasteiger partial charge on any atom is 0.317 e. The van der Waals surface area contributed by atoms with Crippen LogP contribution in [0.5, 0.6) is 0 Å². The number of nitrogens with one attached hydrogen (secondary N) is 3. The van der Waals surface area contributed by atoms with Crippen LogP contribution in [0.2, 0.25) is 0 Å². The van der Waals surface area contributed by atoms with Crippen molar-refractivity contribution in [2.45, 2.75) is 80.1 Å². The lowest BCUT2D eigenvalue weighted by Crippen LogP contribution is -2.42. The van der Waals surface area contributed by atoms with E-state index in [0.29, 0.717) is 19.6 Å². The van der Waals surface area contributed by atoms with Crippen LogP contribution >= 0.6 is 0 Å². The summed E-state index contributed by atoms with van der Waals surface area (Å²) in [5, 5.41) is 33.9. The first kappa shape index (κ1) is 51.1. The summed E-state index contributed by atoms with van der Waals surface area (Å²) < 4.78 is 0. The monoisotopic (exact) mass is 732 g/mol. The van der Waals surface area contributed by atoms with Crippen molar-refractivity contribution in [2.75, 3.05) is 78.5 Å². The van der Waals surface area contributed by atoms with Crippen molar-refractivity contribution in [3.05, 3.63) is 0 Å². The molecule has 0 bridgehead atoms. The van der Waals surface area contributed by atoms with Crippen LogP contribution < -0.4 is 16.0 Å². The molecule has 0 aromatic carbocycles. The molecular weight excluding hydrogens is 672 g/mol. The number of nitrogens with zero attached hydrogens (tertiary/aromatic N) is 3. The minimum Gasteiger partial charge on any atom is -0.480 e. The SMILES string of the molecule is CCCCCNC(=O)CN(CC(C)=O)CC(=O)O.CCCCNC(=O)CN(CC(C)=O)CC(=O)O.CCCNC(=O)CN(CC(C)=O)CC(=O)O. The molecule has 0 saturated carbocycles. The fourth-order valence-electron chi connectivity index (χ4n) is 4.07. The second-order valence-electron chi connectivity index (χ2n) is 11.8. The Labute approximate surface area is 300 Å². The summed E-state index contributed by atoms with van der Waals surface area (Å²) in [7, 11) is 0. The first-order valence-corrected chi connectivity index (χ1v) is 17.0. The van der Waals surface area contributed by atoms with E-state index >= 15 is 0 Å². The van der Waals surface area contributed by atoms with Gasteiger partial charge in [0.1, 0.15) is 17.3 Å². The molecule has 0 heterocycles. The highest BCUT2D eigenvalue weighted by Gasteiger charge is 2.17. The van der Waals surface area contributed by atoms with E-state index in [1.54, 1.807) is 0 Å². The van der Waals surface area contributed by atoms with E-state index in [9.17, 15) is 43.2 Å². The molecular formula is C33H60N6O12. The fourth-order valence-corrected chi connectivity index (χ4v) is 4.07. The summed E-state index contributed by atoms with van der Waals surface area (Å²) >= 11 is 0. The fraction of sp³-hybridized carbons (Fsp3) is 0.727. The molecule has 0 atom stereocenters. The van der Waals surface area contributed by atoms with Gasteiger partial charge in [-0.25, -0.2) is 0 Å². The van der Waals surface area contributed by atoms with Crippen LogP contribution in [0.4, 0.5) is 0 Å². The molecule has 0 unspecified atom stereocenters. The Morgan fingerprint density at radius 1 is 0.392 bits per heavy atom. The summed E-state index contributed by atoms with van der Waals surface area (Å²) in [6.45, 7) is 10.7. The molecule has 3 amide bonds. The normalized spacial score (nSPS) is 10.3. The van der Waals surface area contributed by atoms with Gasteiger partial charge in [-0.15, -0.1) is 0 Å². The minimum atomic E-state index is -1.05. The van der Waals surface area contributed by atoms with Crippen LogP contribution in [-0.4, -0.2) is 162 Å². The van der Waals surface area contributed by atoms with Crippen molar-refractivity contribution in [3.8, 4) is 0 Å². The molecule has 294 valence electrons. The van der Waals surface area contributed by atoms with Crippen LogP contribution in [0.3, 0.4) is 0 Å². The van der Waals surface area contributed by atoms with Gasteiger partial charge in [0.15, 0.2) is 0 Å². The first-order valence-electron chi connectivity index (χ1n) is 17.0. The van der Waals surface area contributed by atoms with Crippen molar-refractivity contribution in [1.29, 1.82) is 0 Å². The van der Waals surface area contributed by atoms with Crippen LogP contribution in [-0.2, 0) is 43.2 Å². The van der Waals surface area contributed by atoms with E-state index in [4.69, 9.17) is 15.3 Å². The highest BCUT2D eigenvalue weighted by atomic mass is 16.4. The number of carboxylic acid groups (broad SMARTS) is 3. The lowest BCUT2D eigenvalue weighted by Gasteiger charge is -2.17. The second kappa shape index (κ2) is 32.9. The van der Waals surface area contributed by atoms with E-state index in [1.807, 2.05) is 13.8 Å². The number of carboxylic acids is 3. The number of unbranched alkanes of at least 4 members (excludes halogenated alkanes) is 3. The van der Waals surface area contributed by atoms with Crippen LogP contribution in [0.25, 0.3) is 0 Å². The molecule has 0 rings (SSSR count). The summed E-state index contributed by atoms with van der Waals surface area (Å²) in [6.07, 6.45) is 5.72. The van der Waals surface area contributed by atoms with E-state index in [1.165, 1.54) is 35.5 Å². The number of aliphatic carboxylic acids is 3. The first-order chi connectivity index (χ1) is 23.9. The molecule has 0 aromatic rings. The van der Waals surface area contributed by atoms with Gasteiger partial charge in [-0.1, -0.05) is 40.0 Å². The van der Waals surface area contributed by atoms with Gasteiger partial charge in [0.25, 0.3) is 0 Å². The van der Waals surface area contributed by atoms with Gasteiger partial charge >= 0.3 is 17.9 Å². The average molecular weight is 733 g/mol. The highest BCUT2D eigenvalue weighted by molar-refractivity contribution is 5.84. The molecule has 51 heavy (non-hydrogen) atoms. The van der Waals surface area contributed by atoms with Crippen molar-refractivity contribution in [1.82, 2.24) is 30.7 Å². The Bertz CT molecular complexity index is 1050. The van der Waals surface area contributed by atoms with E-state index in [2.05, 4.69) is 22.9 Å². The van der Waals surface area contributed by atoms with Gasteiger partial charge in [-0.2, -0.15) is 0 Å². The molecule has 0 spiro atoms. The largest absolute Gasteiger partial charge is 0.480 e. The lowest BCUT2D eigenvalue weighted by atomic mass is 10.2. The number of amides is 3. The number of hydrogen-bond acceptors (Lipinski definition) is 12. The number of carbonyl (C=O) groups is 9. The molecule has 6 N–H and O–H groups in total. The molecule has 0 radical (unpaired) electrons. The number of rotatable bonds is 27. The standard InChI is InChI=1S/C12H22N2O4.C11H20N2O4.C10H18N2O4/c1-3-4-5-6-13-11(16)8-14(7-10(2)15)9-12(17)18;1-3-4-5-12-10(15)7-13(6-9(2)14)8-11(16)17;1-3-4-11-9(14)6-12(5-8(2)13)7-10(15)16/h3-9H2,1-2H3,(H,13,16)(H,17,18);3-8H2,1-2H3,(H,12,15)(H,16,17);3-7H2,1-2H3,(H,11,14)(H,15,16). The van der Waals surface area contributed by atoms with Gasteiger partial charge in [0.2, 0.25) is 17.7 Å². The van der Waals surface area contributed by atoms with Gasteiger partial charge in [-0.3, -0.25) is 57.9 Å². The zero-order chi connectivity index (χ0) is 39.8. The third-order valence-corrected chi connectivity index (χ3v) is 6.04. The number of ketones is 3. The molecule has 18 nitrogen and oxygen atoms in total. The van der Waals surface area contributed by atoms with Gasteiger partial charge in [0.05, 0.1) is 58.9 Å². The molecule has 0 aliphatic rings. The molecule has 0 aliphatic carbocycles. The van der Waals surface area contributed by atoms with Gasteiger partial charge in [-0.05, 0) is 40.0 Å². The topological polar surface area (TPSA) is 260 Å². The van der Waals surface area contributed by atoms with Crippen LogP contribution in [0.15, 0.2) is 0 Å². The van der Waals surface area contributed by atoms with Crippen molar-refractivity contribution in [2.24, 2.45) is 0 Å². The second-order valence-corrected chi connectivity index (χ2v) is 11.8. The predicted octanol–water partition coefficient (Wildman–Crippen LogP) is -0.365. The smallest absolute Gasteiger partial charge is 0.317 e. The average Bonchev–Trinajstić information content (AvgIpc) is 2.97. The number of carbonyl (C=O) groups excluding carboxylic acids is 6. The molecule has 0 aliphatic heterocycles. The van der Waals surface area contributed by atoms with E-state index in [-0.39, 0.29) is 94.0 Å². The van der Waals surface area contributed by atoms with Gasteiger partial charge in [0, 0.05) is 19.6 Å². The van der Waals surface area contributed by atoms with E-state index < -0.39 is 17.9 Å². The van der Waals surface area contributed by atoms with Crippen molar-refractivity contribution >= 4 is 53.0 Å². The van der Waals surface area contributed by atoms with Crippen LogP contribution in [0.1, 0.15) is 80.1 Å².